The molecule has 0 spiro atoms. The fourth-order valence-electron chi connectivity index (χ4n) is 1.22. The van der Waals surface area contributed by atoms with Crippen molar-refractivity contribution in [1.82, 2.24) is 10.6 Å². The Bertz CT molecular complexity index is 208. The third-order valence-corrected chi connectivity index (χ3v) is 2.11. The summed E-state index contributed by atoms with van der Waals surface area (Å²) in [6.45, 7) is 12.2. The normalized spacial score (nSPS) is 11.6. The smallest absolute Gasteiger partial charge is 0.190 e. The van der Waals surface area contributed by atoms with Crippen molar-refractivity contribution in [3.63, 3.8) is 0 Å². The summed E-state index contributed by atoms with van der Waals surface area (Å²) in [5, 5.41) is 6.55. The highest BCUT2D eigenvalue weighted by atomic mass is 127. The van der Waals surface area contributed by atoms with Crippen molar-refractivity contribution in [3.8, 4) is 0 Å². The summed E-state index contributed by atoms with van der Waals surface area (Å²) >= 11 is 0. The zero-order valence-electron chi connectivity index (χ0n) is 12.5. The van der Waals surface area contributed by atoms with Crippen molar-refractivity contribution in [2.24, 2.45) is 16.8 Å². The second kappa shape index (κ2) is 13.4. The van der Waals surface area contributed by atoms with Gasteiger partial charge in [-0.1, -0.05) is 27.7 Å². The Hall–Kier alpha value is -0.0400. The van der Waals surface area contributed by atoms with Gasteiger partial charge >= 0.3 is 0 Å². The summed E-state index contributed by atoms with van der Waals surface area (Å²) in [5.41, 5.74) is 0. The van der Waals surface area contributed by atoms with Gasteiger partial charge in [0.15, 0.2) is 5.96 Å². The van der Waals surface area contributed by atoms with E-state index in [0.29, 0.717) is 11.8 Å². The third kappa shape index (κ3) is 14.0. The quantitative estimate of drug-likeness (QED) is 0.298. The van der Waals surface area contributed by atoms with Crippen molar-refractivity contribution >= 4 is 29.9 Å². The molecule has 0 fully saturated rings. The highest BCUT2D eigenvalue weighted by Crippen LogP contribution is 1.93. The molecule has 0 unspecified atom stereocenters. The first-order valence-corrected chi connectivity index (χ1v) is 6.58. The Morgan fingerprint density at radius 1 is 1.11 bits per heavy atom. The molecular weight excluding hydrogens is 341 g/mol. The van der Waals surface area contributed by atoms with Crippen LogP contribution in [0.4, 0.5) is 0 Å². The van der Waals surface area contributed by atoms with E-state index in [1.807, 2.05) is 0 Å². The number of rotatable bonds is 8. The van der Waals surface area contributed by atoms with Gasteiger partial charge in [0.2, 0.25) is 0 Å². The molecule has 0 aromatic rings. The van der Waals surface area contributed by atoms with E-state index in [1.165, 1.54) is 0 Å². The molecule has 0 aliphatic carbocycles. The Morgan fingerprint density at radius 3 is 2.28 bits per heavy atom. The molecule has 0 aliphatic heterocycles. The molecule has 0 atom stereocenters. The number of guanidine groups is 1. The molecule has 110 valence electrons. The minimum Gasteiger partial charge on any atom is -0.381 e. The Labute approximate surface area is 129 Å². The standard InChI is InChI=1S/C13H29N3O.HI/c1-11(2)9-16-13(14-5)15-7-6-8-17-10-12(3)4;/h11-12H,6-10H2,1-5H3,(H2,14,15,16);1H. The molecule has 18 heavy (non-hydrogen) atoms. The van der Waals surface area contributed by atoms with Gasteiger partial charge < -0.3 is 15.4 Å². The summed E-state index contributed by atoms with van der Waals surface area (Å²) in [6.07, 6.45) is 1.01. The maximum Gasteiger partial charge on any atom is 0.190 e. The van der Waals surface area contributed by atoms with E-state index < -0.39 is 0 Å². The third-order valence-electron chi connectivity index (χ3n) is 2.11. The van der Waals surface area contributed by atoms with Crippen LogP contribution in [0.2, 0.25) is 0 Å². The van der Waals surface area contributed by atoms with Crippen molar-refractivity contribution < 1.29 is 4.74 Å². The molecular formula is C13H30IN3O. The van der Waals surface area contributed by atoms with Crippen LogP contribution in [0.1, 0.15) is 34.1 Å². The lowest BCUT2D eigenvalue weighted by molar-refractivity contribution is 0.108. The monoisotopic (exact) mass is 371 g/mol. The first kappa shape index (κ1) is 20.3. The van der Waals surface area contributed by atoms with E-state index in [0.717, 1.165) is 38.7 Å². The highest BCUT2D eigenvalue weighted by Gasteiger charge is 1.98. The molecule has 0 saturated heterocycles. The Balaban J connectivity index is 0. The molecule has 0 aromatic heterocycles. The van der Waals surface area contributed by atoms with Crippen LogP contribution in [-0.4, -0.2) is 39.3 Å². The predicted molar refractivity (Wildman–Crippen MR) is 89.9 cm³/mol. The van der Waals surface area contributed by atoms with Crippen molar-refractivity contribution in [2.75, 3.05) is 33.4 Å². The van der Waals surface area contributed by atoms with Crippen molar-refractivity contribution in [3.05, 3.63) is 0 Å². The van der Waals surface area contributed by atoms with E-state index in [1.54, 1.807) is 7.05 Å². The van der Waals surface area contributed by atoms with E-state index in [2.05, 4.69) is 43.3 Å². The zero-order valence-corrected chi connectivity index (χ0v) is 14.8. The first-order chi connectivity index (χ1) is 8.06. The molecule has 0 rings (SSSR count). The molecule has 0 saturated carbocycles. The zero-order chi connectivity index (χ0) is 13.1. The van der Waals surface area contributed by atoms with Crippen LogP contribution in [0, 0.1) is 11.8 Å². The number of ether oxygens (including phenoxy) is 1. The van der Waals surface area contributed by atoms with E-state index in [-0.39, 0.29) is 24.0 Å². The summed E-state index contributed by atoms with van der Waals surface area (Å²) in [5.74, 6) is 2.12. The van der Waals surface area contributed by atoms with Crippen LogP contribution in [0.15, 0.2) is 4.99 Å². The summed E-state index contributed by atoms with van der Waals surface area (Å²) in [4.78, 5) is 4.16. The van der Waals surface area contributed by atoms with Crippen LogP contribution in [0.25, 0.3) is 0 Å². The molecule has 4 nitrogen and oxygen atoms in total. The molecule has 0 amide bonds. The van der Waals surface area contributed by atoms with Crippen LogP contribution in [-0.2, 0) is 4.74 Å². The average Bonchev–Trinajstić information content (AvgIpc) is 2.26. The minimum absolute atomic E-state index is 0. The number of halogens is 1. The maximum absolute atomic E-state index is 5.51. The topological polar surface area (TPSA) is 45.7 Å². The van der Waals surface area contributed by atoms with Gasteiger partial charge in [-0.05, 0) is 18.3 Å². The van der Waals surface area contributed by atoms with Gasteiger partial charge in [0.25, 0.3) is 0 Å². The second-order valence-electron chi connectivity index (χ2n) is 5.10. The van der Waals surface area contributed by atoms with Crippen LogP contribution >= 0.6 is 24.0 Å². The molecule has 0 heterocycles. The first-order valence-electron chi connectivity index (χ1n) is 6.58. The highest BCUT2D eigenvalue weighted by molar-refractivity contribution is 14.0. The predicted octanol–water partition coefficient (Wildman–Crippen LogP) is 2.49. The number of hydrogen-bond acceptors (Lipinski definition) is 2. The molecule has 0 aliphatic rings. The van der Waals surface area contributed by atoms with Gasteiger partial charge in [-0.15, -0.1) is 24.0 Å². The van der Waals surface area contributed by atoms with Crippen molar-refractivity contribution in [1.29, 1.82) is 0 Å². The fourth-order valence-corrected chi connectivity index (χ4v) is 1.22. The van der Waals surface area contributed by atoms with Gasteiger partial charge in [0.1, 0.15) is 0 Å². The lowest BCUT2D eigenvalue weighted by Crippen LogP contribution is -2.39. The van der Waals surface area contributed by atoms with Gasteiger partial charge in [0.05, 0.1) is 0 Å². The van der Waals surface area contributed by atoms with E-state index in [4.69, 9.17) is 4.74 Å². The minimum atomic E-state index is 0. The lowest BCUT2D eigenvalue weighted by atomic mass is 10.2. The Kier molecular flexibility index (Phi) is 15.1. The number of nitrogens with zero attached hydrogens (tertiary/aromatic N) is 1. The summed E-state index contributed by atoms with van der Waals surface area (Å²) < 4.78 is 5.51. The van der Waals surface area contributed by atoms with E-state index in [9.17, 15) is 0 Å². The van der Waals surface area contributed by atoms with Crippen LogP contribution < -0.4 is 10.6 Å². The number of hydrogen-bond donors (Lipinski definition) is 2. The summed E-state index contributed by atoms with van der Waals surface area (Å²) in [6, 6.07) is 0. The van der Waals surface area contributed by atoms with Gasteiger partial charge in [-0.3, -0.25) is 4.99 Å². The van der Waals surface area contributed by atoms with Gasteiger partial charge in [-0.2, -0.15) is 0 Å². The molecule has 5 heteroatoms. The molecule has 0 bridgehead atoms. The molecule has 2 N–H and O–H groups in total. The number of nitrogens with one attached hydrogen (secondary N) is 2. The largest absolute Gasteiger partial charge is 0.381 e. The fraction of sp³-hybridized carbons (Fsp3) is 0.923. The van der Waals surface area contributed by atoms with E-state index >= 15 is 0 Å². The number of aliphatic imine (C=N–C) groups is 1. The summed E-state index contributed by atoms with van der Waals surface area (Å²) in [7, 11) is 1.80. The van der Waals surface area contributed by atoms with Gasteiger partial charge in [0, 0.05) is 33.4 Å². The van der Waals surface area contributed by atoms with Crippen LogP contribution in [0.5, 0.6) is 0 Å². The van der Waals surface area contributed by atoms with Crippen molar-refractivity contribution in [2.45, 2.75) is 34.1 Å². The van der Waals surface area contributed by atoms with Gasteiger partial charge in [-0.25, -0.2) is 0 Å². The Morgan fingerprint density at radius 2 is 1.78 bits per heavy atom. The molecule has 0 radical (unpaired) electrons. The maximum atomic E-state index is 5.51. The second-order valence-corrected chi connectivity index (χ2v) is 5.10. The SMILES string of the molecule is CN=C(NCCCOCC(C)C)NCC(C)C.I. The lowest BCUT2D eigenvalue weighted by Gasteiger charge is -2.13. The van der Waals surface area contributed by atoms with Crippen LogP contribution in [0.3, 0.4) is 0 Å². The average molecular weight is 371 g/mol. The molecule has 0 aromatic carbocycles.